The number of aryl methyl sites for hydroxylation is 2. The molecule has 0 aliphatic carbocycles. The van der Waals surface area contributed by atoms with Crippen molar-refractivity contribution < 1.29 is 4.79 Å². The first kappa shape index (κ1) is 17.3. The van der Waals surface area contributed by atoms with Gasteiger partial charge in [0.15, 0.2) is 0 Å². The Hall–Kier alpha value is -1.11. The van der Waals surface area contributed by atoms with Gasteiger partial charge in [-0.3, -0.25) is 4.79 Å². The predicted molar refractivity (Wildman–Crippen MR) is 73.0 cm³/mol. The van der Waals surface area contributed by atoms with Crippen LogP contribution in [0, 0.1) is 13.8 Å². The van der Waals surface area contributed by atoms with Crippen molar-refractivity contribution in [1.29, 1.82) is 0 Å². The minimum absolute atomic E-state index is 0.221. The molecule has 1 aromatic carbocycles. The summed E-state index contributed by atoms with van der Waals surface area (Å²) in [5.41, 5.74) is 3.65. The Balaban J connectivity index is 0. The third-order valence-corrected chi connectivity index (χ3v) is 2.02. The van der Waals surface area contributed by atoms with Gasteiger partial charge in [0.2, 0.25) is 0 Å². The van der Waals surface area contributed by atoms with Crippen LogP contribution in [0.4, 0.5) is 0 Å². The average Bonchev–Trinajstić information content (AvgIpc) is 2.28. The number of carbonyl (C=O) groups is 1. The summed E-state index contributed by atoms with van der Waals surface area (Å²) in [6.07, 6.45) is 0.557. The van der Waals surface area contributed by atoms with Crippen LogP contribution in [0.5, 0.6) is 0 Å². The van der Waals surface area contributed by atoms with Crippen molar-refractivity contribution in [2.45, 2.75) is 54.9 Å². The fraction of sp³-hybridized carbons (Fsp3) is 0.533. The van der Waals surface area contributed by atoms with Gasteiger partial charge < -0.3 is 0 Å². The Morgan fingerprint density at radius 3 is 1.88 bits per heavy atom. The van der Waals surface area contributed by atoms with Crippen molar-refractivity contribution in [2.24, 2.45) is 0 Å². The number of benzene rings is 1. The van der Waals surface area contributed by atoms with Crippen LogP contribution < -0.4 is 0 Å². The maximum Gasteiger partial charge on any atom is 0.134 e. The normalized spacial score (nSPS) is 8.19. The van der Waals surface area contributed by atoms with Gasteiger partial charge in [0.05, 0.1) is 0 Å². The van der Waals surface area contributed by atoms with Crippen LogP contribution in [0.25, 0.3) is 0 Å². The molecule has 0 saturated heterocycles. The minimum atomic E-state index is 0.221. The second kappa shape index (κ2) is 10.4. The lowest BCUT2D eigenvalue weighted by molar-refractivity contribution is -0.116. The van der Waals surface area contributed by atoms with Gasteiger partial charge in [0.25, 0.3) is 0 Å². The molecule has 0 unspecified atom stereocenters. The molecule has 0 atom stereocenters. The van der Waals surface area contributed by atoms with Crippen molar-refractivity contribution in [3.05, 3.63) is 34.9 Å². The standard InChI is InChI=1S/C11H14O.2C2H6/c1-8-4-5-11(6-9(8)2)7-10(3)12;2*1-2/h4-6H,7H2,1-3H3;2*1-2H3. The third kappa shape index (κ3) is 7.22. The van der Waals surface area contributed by atoms with Gasteiger partial charge in [-0.25, -0.2) is 0 Å². The lowest BCUT2D eigenvalue weighted by atomic mass is 10.0. The highest BCUT2D eigenvalue weighted by Crippen LogP contribution is 2.10. The molecule has 92 valence electrons. The Kier molecular flexibility index (Phi) is 11.2. The number of hydrogen-bond acceptors (Lipinski definition) is 1. The van der Waals surface area contributed by atoms with Gasteiger partial charge in [-0.15, -0.1) is 0 Å². The molecule has 0 heterocycles. The van der Waals surface area contributed by atoms with Gasteiger partial charge in [-0.05, 0) is 37.5 Å². The molecule has 0 amide bonds. The minimum Gasteiger partial charge on any atom is -0.300 e. The Bertz CT molecular complexity index is 300. The van der Waals surface area contributed by atoms with Crippen LogP contribution >= 0.6 is 0 Å². The number of carbonyl (C=O) groups excluding carboxylic acids is 1. The van der Waals surface area contributed by atoms with E-state index in [2.05, 4.69) is 26.0 Å². The van der Waals surface area contributed by atoms with E-state index >= 15 is 0 Å². The number of Topliss-reactive ketones (excluding diaryl/α,β-unsaturated/α-hetero) is 1. The van der Waals surface area contributed by atoms with E-state index in [9.17, 15) is 4.79 Å². The van der Waals surface area contributed by atoms with Gasteiger partial charge in [-0.2, -0.15) is 0 Å². The van der Waals surface area contributed by atoms with Crippen molar-refractivity contribution in [2.75, 3.05) is 0 Å². The molecule has 0 fully saturated rings. The van der Waals surface area contributed by atoms with Crippen molar-refractivity contribution in [3.63, 3.8) is 0 Å². The molecular formula is C15H26O. The summed E-state index contributed by atoms with van der Waals surface area (Å²) in [6, 6.07) is 6.16. The Labute approximate surface area is 101 Å². The van der Waals surface area contributed by atoms with Crippen LogP contribution in [0.3, 0.4) is 0 Å². The van der Waals surface area contributed by atoms with E-state index in [1.165, 1.54) is 11.1 Å². The third-order valence-electron chi connectivity index (χ3n) is 2.02. The summed E-state index contributed by atoms with van der Waals surface area (Å²) in [4.78, 5) is 10.8. The Morgan fingerprint density at radius 1 is 1.00 bits per heavy atom. The lowest BCUT2D eigenvalue weighted by Gasteiger charge is -2.02. The van der Waals surface area contributed by atoms with E-state index in [4.69, 9.17) is 0 Å². The van der Waals surface area contributed by atoms with E-state index in [0.717, 1.165) is 5.56 Å². The second-order valence-electron chi connectivity index (χ2n) is 3.30. The maximum atomic E-state index is 10.8. The van der Waals surface area contributed by atoms with E-state index in [0.29, 0.717) is 6.42 Å². The molecule has 0 aliphatic rings. The summed E-state index contributed by atoms with van der Waals surface area (Å²) in [5, 5.41) is 0. The lowest BCUT2D eigenvalue weighted by Crippen LogP contribution is -1.96. The van der Waals surface area contributed by atoms with E-state index in [1.54, 1.807) is 6.92 Å². The molecule has 0 spiro atoms. The van der Waals surface area contributed by atoms with Gasteiger partial charge >= 0.3 is 0 Å². The molecule has 0 radical (unpaired) electrons. The van der Waals surface area contributed by atoms with E-state index in [-0.39, 0.29) is 5.78 Å². The fourth-order valence-electron chi connectivity index (χ4n) is 1.20. The highest BCUT2D eigenvalue weighted by molar-refractivity contribution is 5.78. The molecule has 0 bridgehead atoms. The molecular weight excluding hydrogens is 196 g/mol. The van der Waals surface area contributed by atoms with Crippen LogP contribution in [-0.4, -0.2) is 5.78 Å². The quantitative estimate of drug-likeness (QED) is 0.720. The van der Waals surface area contributed by atoms with Crippen LogP contribution in [0.2, 0.25) is 0 Å². The monoisotopic (exact) mass is 222 g/mol. The second-order valence-corrected chi connectivity index (χ2v) is 3.30. The van der Waals surface area contributed by atoms with Crippen LogP contribution in [0.1, 0.15) is 51.3 Å². The molecule has 0 aliphatic heterocycles. The van der Waals surface area contributed by atoms with Crippen LogP contribution in [0.15, 0.2) is 18.2 Å². The van der Waals surface area contributed by atoms with Gasteiger partial charge in [0, 0.05) is 6.42 Å². The largest absolute Gasteiger partial charge is 0.300 e. The van der Waals surface area contributed by atoms with Crippen LogP contribution in [-0.2, 0) is 11.2 Å². The fourth-order valence-corrected chi connectivity index (χ4v) is 1.20. The highest BCUT2D eigenvalue weighted by atomic mass is 16.1. The number of hydrogen-bond donors (Lipinski definition) is 0. The van der Waals surface area contributed by atoms with Gasteiger partial charge in [-0.1, -0.05) is 45.9 Å². The molecule has 0 aromatic heterocycles. The summed E-state index contributed by atoms with van der Waals surface area (Å²) in [6.45, 7) is 13.8. The summed E-state index contributed by atoms with van der Waals surface area (Å²) in [5.74, 6) is 0.221. The topological polar surface area (TPSA) is 17.1 Å². The van der Waals surface area contributed by atoms with Crippen molar-refractivity contribution in [1.82, 2.24) is 0 Å². The molecule has 1 heteroatoms. The first-order valence-electron chi connectivity index (χ1n) is 6.15. The van der Waals surface area contributed by atoms with E-state index < -0.39 is 0 Å². The summed E-state index contributed by atoms with van der Waals surface area (Å²) in [7, 11) is 0. The predicted octanol–water partition coefficient (Wildman–Crippen LogP) is 4.49. The smallest absolute Gasteiger partial charge is 0.134 e. The zero-order chi connectivity index (χ0) is 13.1. The molecule has 0 N–H and O–H groups in total. The van der Waals surface area contributed by atoms with Gasteiger partial charge in [0.1, 0.15) is 5.78 Å². The Morgan fingerprint density at radius 2 is 1.50 bits per heavy atom. The molecule has 1 nitrogen and oxygen atoms in total. The number of rotatable bonds is 2. The zero-order valence-electron chi connectivity index (χ0n) is 11.8. The summed E-state index contributed by atoms with van der Waals surface area (Å²) < 4.78 is 0. The van der Waals surface area contributed by atoms with Crippen molar-refractivity contribution >= 4 is 5.78 Å². The highest BCUT2D eigenvalue weighted by Gasteiger charge is 1.98. The molecule has 1 aromatic rings. The molecule has 1 rings (SSSR count). The van der Waals surface area contributed by atoms with Crippen molar-refractivity contribution in [3.8, 4) is 0 Å². The summed E-state index contributed by atoms with van der Waals surface area (Å²) >= 11 is 0. The average molecular weight is 222 g/mol. The first-order valence-corrected chi connectivity index (χ1v) is 6.15. The molecule has 16 heavy (non-hydrogen) atoms. The maximum absolute atomic E-state index is 10.8. The zero-order valence-corrected chi connectivity index (χ0v) is 11.8. The number of ketones is 1. The first-order chi connectivity index (χ1) is 7.59. The molecule has 0 saturated carbocycles. The van der Waals surface area contributed by atoms with E-state index in [1.807, 2.05) is 33.8 Å². The SMILES string of the molecule is CC.CC.CC(=O)Cc1ccc(C)c(C)c1.